The summed E-state index contributed by atoms with van der Waals surface area (Å²) in [4.78, 5) is 38.8. The smallest absolute Gasteiger partial charge is 0.273 e. The van der Waals surface area contributed by atoms with Gasteiger partial charge in [-0.25, -0.2) is 0 Å². The van der Waals surface area contributed by atoms with Crippen LogP contribution in [0.25, 0.3) is 0 Å². The highest BCUT2D eigenvalue weighted by atomic mass is 16.6. The molecule has 1 unspecified atom stereocenters. The SMILES string of the molecule is CC(=O)N1CCC2(CCCN(C(=O)c3ccc(C)c([N+](=O)[O-])c3)C2)C1. The maximum Gasteiger partial charge on any atom is 0.273 e. The van der Waals surface area contributed by atoms with Crippen molar-refractivity contribution >= 4 is 17.5 Å². The van der Waals surface area contributed by atoms with Gasteiger partial charge in [0.05, 0.1) is 4.92 Å². The van der Waals surface area contributed by atoms with Crippen molar-refractivity contribution in [2.75, 3.05) is 26.2 Å². The van der Waals surface area contributed by atoms with E-state index in [1.165, 1.54) is 6.07 Å². The number of nitrogens with zero attached hydrogens (tertiary/aromatic N) is 3. The second-order valence-corrected chi connectivity index (χ2v) is 7.28. The fourth-order valence-corrected chi connectivity index (χ4v) is 4.04. The van der Waals surface area contributed by atoms with Crippen molar-refractivity contribution in [1.29, 1.82) is 0 Å². The van der Waals surface area contributed by atoms with E-state index in [2.05, 4.69) is 0 Å². The minimum Gasteiger partial charge on any atom is -0.342 e. The zero-order valence-corrected chi connectivity index (χ0v) is 14.7. The Balaban J connectivity index is 1.78. The summed E-state index contributed by atoms with van der Waals surface area (Å²) in [6, 6.07) is 4.65. The van der Waals surface area contributed by atoms with Crippen LogP contribution in [-0.4, -0.2) is 52.7 Å². The van der Waals surface area contributed by atoms with E-state index >= 15 is 0 Å². The van der Waals surface area contributed by atoms with Crippen molar-refractivity contribution in [3.8, 4) is 0 Å². The van der Waals surface area contributed by atoms with Gasteiger partial charge in [-0.1, -0.05) is 6.07 Å². The van der Waals surface area contributed by atoms with Crippen LogP contribution in [0.2, 0.25) is 0 Å². The monoisotopic (exact) mass is 345 g/mol. The van der Waals surface area contributed by atoms with Crippen LogP contribution in [0.15, 0.2) is 18.2 Å². The average molecular weight is 345 g/mol. The van der Waals surface area contributed by atoms with Gasteiger partial charge in [0.1, 0.15) is 0 Å². The second-order valence-electron chi connectivity index (χ2n) is 7.28. The molecule has 1 aromatic rings. The molecule has 2 aliphatic heterocycles. The van der Waals surface area contributed by atoms with Crippen LogP contribution in [0, 0.1) is 22.5 Å². The highest BCUT2D eigenvalue weighted by Crippen LogP contribution is 2.39. The van der Waals surface area contributed by atoms with Gasteiger partial charge >= 0.3 is 0 Å². The number of benzene rings is 1. The first-order valence-corrected chi connectivity index (χ1v) is 8.61. The minimum absolute atomic E-state index is 0.0267. The third-order valence-electron chi connectivity index (χ3n) is 5.49. The molecule has 0 aliphatic carbocycles. The standard InChI is InChI=1S/C18H23N3O4/c1-13-4-5-15(10-16(13)21(24)25)17(23)20-8-3-6-18(12-20)7-9-19(11-18)14(2)22/h4-5,10H,3,6-9,11-12H2,1-2H3. The summed E-state index contributed by atoms with van der Waals surface area (Å²) in [7, 11) is 0. The van der Waals surface area contributed by atoms with Crippen LogP contribution in [-0.2, 0) is 4.79 Å². The zero-order chi connectivity index (χ0) is 18.2. The quantitative estimate of drug-likeness (QED) is 0.608. The number of carbonyl (C=O) groups excluding carboxylic acids is 2. The number of hydrogen-bond acceptors (Lipinski definition) is 4. The normalized spacial score (nSPS) is 23.1. The molecule has 0 N–H and O–H groups in total. The highest BCUT2D eigenvalue weighted by molar-refractivity contribution is 5.95. The van der Waals surface area contributed by atoms with Crippen LogP contribution in [0.3, 0.4) is 0 Å². The third-order valence-corrected chi connectivity index (χ3v) is 5.49. The summed E-state index contributed by atoms with van der Waals surface area (Å²) in [6.45, 7) is 5.94. The molecule has 7 nitrogen and oxygen atoms in total. The fourth-order valence-electron chi connectivity index (χ4n) is 4.04. The van der Waals surface area contributed by atoms with Gasteiger partial charge in [-0.15, -0.1) is 0 Å². The topological polar surface area (TPSA) is 83.8 Å². The molecule has 1 spiro atoms. The maximum atomic E-state index is 12.9. The molecule has 0 radical (unpaired) electrons. The summed E-state index contributed by atoms with van der Waals surface area (Å²) in [5.74, 6) is -0.0852. The van der Waals surface area contributed by atoms with Gasteiger partial charge < -0.3 is 9.80 Å². The van der Waals surface area contributed by atoms with Gasteiger partial charge in [-0.2, -0.15) is 0 Å². The first-order chi connectivity index (χ1) is 11.8. The van der Waals surface area contributed by atoms with E-state index in [1.54, 1.807) is 30.9 Å². The largest absolute Gasteiger partial charge is 0.342 e. The van der Waals surface area contributed by atoms with Crippen molar-refractivity contribution in [3.63, 3.8) is 0 Å². The predicted octanol–water partition coefficient (Wildman–Crippen LogP) is 2.38. The van der Waals surface area contributed by atoms with E-state index < -0.39 is 4.92 Å². The Kier molecular flexibility index (Phi) is 4.49. The second kappa shape index (κ2) is 6.46. The van der Waals surface area contributed by atoms with E-state index in [9.17, 15) is 19.7 Å². The van der Waals surface area contributed by atoms with Crippen LogP contribution >= 0.6 is 0 Å². The fraction of sp³-hybridized carbons (Fsp3) is 0.556. The highest BCUT2D eigenvalue weighted by Gasteiger charge is 2.43. The lowest BCUT2D eigenvalue weighted by molar-refractivity contribution is -0.385. The molecule has 2 amide bonds. The Morgan fingerprint density at radius 2 is 1.88 bits per heavy atom. The summed E-state index contributed by atoms with van der Waals surface area (Å²) in [5, 5.41) is 11.1. The van der Waals surface area contributed by atoms with Gasteiger partial charge in [-0.3, -0.25) is 19.7 Å². The summed E-state index contributed by atoms with van der Waals surface area (Å²) in [5.41, 5.74) is 0.845. The lowest BCUT2D eigenvalue weighted by atomic mass is 9.79. The Hall–Kier alpha value is -2.44. The van der Waals surface area contributed by atoms with Crippen LogP contribution in [0.1, 0.15) is 42.1 Å². The van der Waals surface area contributed by atoms with Gasteiger partial charge in [0, 0.05) is 55.7 Å². The molecule has 7 heteroatoms. The van der Waals surface area contributed by atoms with E-state index in [-0.39, 0.29) is 22.9 Å². The van der Waals surface area contributed by atoms with Crippen LogP contribution < -0.4 is 0 Å². The van der Waals surface area contributed by atoms with Gasteiger partial charge in [0.2, 0.25) is 5.91 Å². The first-order valence-electron chi connectivity index (χ1n) is 8.61. The Bertz CT molecular complexity index is 733. The molecule has 1 aromatic carbocycles. The number of amides is 2. The summed E-state index contributed by atoms with van der Waals surface area (Å²) < 4.78 is 0. The average Bonchev–Trinajstić information content (AvgIpc) is 2.98. The van der Waals surface area contributed by atoms with Crippen LogP contribution in [0.4, 0.5) is 5.69 Å². The van der Waals surface area contributed by atoms with Gasteiger partial charge in [0.15, 0.2) is 0 Å². The number of likely N-dealkylation sites (tertiary alicyclic amines) is 2. The number of nitro benzene ring substituents is 1. The Morgan fingerprint density at radius 3 is 2.52 bits per heavy atom. The van der Waals surface area contributed by atoms with Crippen molar-refractivity contribution in [1.82, 2.24) is 9.80 Å². The minimum atomic E-state index is -0.453. The molecule has 0 saturated carbocycles. The molecule has 2 saturated heterocycles. The number of rotatable bonds is 2. The third kappa shape index (κ3) is 3.36. The lowest BCUT2D eigenvalue weighted by Crippen LogP contribution is -2.47. The molecule has 0 bridgehead atoms. The van der Waals surface area contributed by atoms with E-state index in [0.29, 0.717) is 30.8 Å². The molecule has 2 fully saturated rings. The maximum absolute atomic E-state index is 12.9. The van der Waals surface area contributed by atoms with Crippen molar-refractivity contribution in [3.05, 3.63) is 39.4 Å². The van der Waals surface area contributed by atoms with E-state index in [4.69, 9.17) is 0 Å². The molecule has 3 rings (SSSR count). The molecular formula is C18H23N3O4. The molecule has 0 aromatic heterocycles. The van der Waals surface area contributed by atoms with Crippen molar-refractivity contribution in [2.45, 2.75) is 33.1 Å². The number of piperidine rings is 1. The van der Waals surface area contributed by atoms with E-state index in [1.807, 2.05) is 4.90 Å². The Morgan fingerprint density at radius 1 is 1.16 bits per heavy atom. The number of aryl methyl sites for hydroxylation is 1. The molecule has 2 aliphatic rings. The van der Waals surface area contributed by atoms with Gasteiger partial charge in [-0.05, 0) is 32.3 Å². The molecular weight excluding hydrogens is 322 g/mol. The van der Waals surface area contributed by atoms with Gasteiger partial charge in [0.25, 0.3) is 11.6 Å². The number of carbonyl (C=O) groups is 2. The number of hydrogen-bond donors (Lipinski definition) is 0. The lowest BCUT2D eigenvalue weighted by Gasteiger charge is -2.40. The molecule has 2 heterocycles. The van der Waals surface area contributed by atoms with Crippen LogP contribution in [0.5, 0.6) is 0 Å². The molecule has 1 atom stereocenters. The molecule has 134 valence electrons. The Labute approximate surface area is 146 Å². The first kappa shape index (κ1) is 17.4. The predicted molar refractivity (Wildman–Crippen MR) is 92.3 cm³/mol. The zero-order valence-electron chi connectivity index (χ0n) is 14.7. The van der Waals surface area contributed by atoms with E-state index in [0.717, 1.165) is 25.8 Å². The molecule has 25 heavy (non-hydrogen) atoms. The summed E-state index contributed by atoms with van der Waals surface area (Å²) >= 11 is 0. The van der Waals surface area contributed by atoms with Crippen molar-refractivity contribution < 1.29 is 14.5 Å². The number of nitro groups is 1. The van der Waals surface area contributed by atoms with Crippen molar-refractivity contribution in [2.24, 2.45) is 5.41 Å². The summed E-state index contributed by atoms with van der Waals surface area (Å²) in [6.07, 6.45) is 2.81.